The largest absolute Gasteiger partial charge is 0.141 e. The van der Waals surface area contributed by atoms with E-state index in [4.69, 9.17) is 2.74 Å². The molecule has 13 unspecified atom stereocenters. The maximum absolute atomic E-state index is 6.21. The van der Waals surface area contributed by atoms with Crippen LogP contribution in [-0.4, -0.2) is 6.62 Å². The first kappa shape index (κ1) is 33.4. The topological polar surface area (TPSA) is 0 Å². The monoisotopic (exact) mass is 569 g/mol. The maximum Gasteiger partial charge on any atom is 0.0274 e. The van der Waals surface area contributed by atoms with Crippen molar-refractivity contribution in [3.63, 3.8) is 0 Å². The third-order valence-electron chi connectivity index (χ3n) is 10.7. The molecule has 0 aromatic carbocycles. The lowest BCUT2D eigenvalue weighted by Crippen LogP contribution is -2.12. The van der Waals surface area contributed by atoms with Crippen LogP contribution in [0.15, 0.2) is 72.9 Å². The van der Waals surface area contributed by atoms with Crippen molar-refractivity contribution < 1.29 is 2.74 Å². The van der Waals surface area contributed by atoms with Crippen LogP contribution < -0.4 is 0 Å². The van der Waals surface area contributed by atoms with E-state index in [-0.39, 0.29) is 14.9 Å². The highest BCUT2D eigenvalue weighted by atomic mass is 31.0. The fourth-order valence-corrected chi connectivity index (χ4v) is 9.05. The molecule has 0 aromatic heterocycles. The van der Waals surface area contributed by atoms with Crippen molar-refractivity contribution in [3.8, 4) is 0 Å². The fraction of sp³-hybridized carbons (Fsp3) is 0.692. The van der Waals surface area contributed by atoms with Gasteiger partial charge in [-0.05, 0) is 124 Å². The number of fused-ring (bicyclic) bond motifs is 6. The average Bonchev–Trinajstić information content (AvgIpc) is 3.74. The van der Waals surface area contributed by atoms with Gasteiger partial charge in [-0.15, -0.1) is 9.24 Å². The standard InChI is InChI=1S/C14H24.C12H18.C10H12.CH5P.2CH4/c1-5-8-12-10-11(4)13(7-3)14(12)9-6-2;1-3-5-10-8-9(2)11-6-4-7-12(10)11;1-2-9-7-4-5-8(6-7)10(9)3-1;1-2;;/h5-6,8-9,11-14H,7,10H2,1-4H3;3-5,7,9-12H,6,8H2,1-2H3;1-2,4-5,7-10H,3,6H2;2H2,1H3;2*1H4/b8-5+,9-6+;5-3+;;;;/i;;;1D2;;. The van der Waals surface area contributed by atoms with Crippen LogP contribution in [0.4, 0.5) is 0 Å². The molecule has 0 radical (unpaired) electrons. The van der Waals surface area contributed by atoms with Gasteiger partial charge < -0.3 is 0 Å². The van der Waals surface area contributed by atoms with Gasteiger partial charge in [0, 0.05) is 2.74 Å². The van der Waals surface area contributed by atoms with Crippen LogP contribution in [-0.2, 0) is 0 Å². The first-order valence-corrected chi connectivity index (χ1v) is 16.4. The lowest BCUT2D eigenvalue weighted by Gasteiger charge is -2.20. The molecule has 0 N–H and O–H groups in total. The van der Waals surface area contributed by atoms with Crippen molar-refractivity contribution in [3.05, 3.63) is 72.9 Å². The Kier molecular flexibility index (Phi) is 15.4. The van der Waals surface area contributed by atoms with Crippen LogP contribution in [0.2, 0.25) is 0 Å². The van der Waals surface area contributed by atoms with Gasteiger partial charge in [0.25, 0.3) is 0 Å². The second-order valence-corrected chi connectivity index (χ2v) is 12.7. The molecule has 0 aromatic rings. The Hall–Kier alpha value is -1.13. The van der Waals surface area contributed by atoms with Gasteiger partial charge >= 0.3 is 0 Å². The molecule has 3 fully saturated rings. The Balaban J connectivity index is 0.000000291. The van der Waals surface area contributed by atoms with E-state index < -0.39 is 6.62 Å². The van der Waals surface area contributed by atoms with Gasteiger partial charge in [0.15, 0.2) is 0 Å². The summed E-state index contributed by atoms with van der Waals surface area (Å²) in [5, 5.41) is 0. The SMILES string of the molecule is C.C.C/C=C/C1CC(C)C(CC)C1/C=C/C.C/C=C/C1CC(C)C2CC=CC12.C1=CC2C3C=CC(C3)C2C1.[2H]C([2H])P. The summed E-state index contributed by atoms with van der Waals surface area (Å²) in [6, 6.07) is 0. The number of allylic oxidation sites excluding steroid dienone is 12. The lowest BCUT2D eigenvalue weighted by molar-refractivity contribution is 0.350. The van der Waals surface area contributed by atoms with E-state index in [1.807, 2.05) is 9.24 Å². The highest BCUT2D eigenvalue weighted by Crippen LogP contribution is 2.52. The molecule has 228 valence electrons. The van der Waals surface area contributed by atoms with E-state index >= 15 is 0 Å². The van der Waals surface area contributed by atoms with Gasteiger partial charge in [-0.3, -0.25) is 0 Å². The Morgan fingerprint density at radius 1 is 0.725 bits per heavy atom. The van der Waals surface area contributed by atoms with Gasteiger partial charge in [-0.1, -0.05) is 122 Å². The Labute approximate surface area is 257 Å². The molecule has 6 rings (SSSR count). The predicted octanol–water partition coefficient (Wildman–Crippen LogP) is 12.0. The summed E-state index contributed by atoms with van der Waals surface area (Å²) < 4.78 is 12.4. The van der Waals surface area contributed by atoms with Gasteiger partial charge in [0.1, 0.15) is 0 Å². The van der Waals surface area contributed by atoms with Crippen LogP contribution >= 0.6 is 9.24 Å². The molecule has 0 spiro atoms. The van der Waals surface area contributed by atoms with Crippen LogP contribution in [0.5, 0.6) is 0 Å². The van der Waals surface area contributed by atoms with Crippen LogP contribution in [0, 0.1) is 71.0 Å². The van der Waals surface area contributed by atoms with E-state index in [0.29, 0.717) is 0 Å². The maximum atomic E-state index is 6.21. The van der Waals surface area contributed by atoms with E-state index in [2.05, 4.69) is 114 Å². The highest BCUT2D eigenvalue weighted by molar-refractivity contribution is 7.15. The summed E-state index contributed by atoms with van der Waals surface area (Å²) in [6.45, 7) is 12.8. The minimum atomic E-state index is -0.750. The number of hydrogen-bond acceptors (Lipinski definition) is 0. The molecule has 0 amide bonds. The molecule has 1 heteroatoms. The first-order chi connectivity index (χ1) is 19.2. The van der Waals surface area contributed by atoms with Gasteiger partial charge in [0.2, 0.25) is 0 Å². The Bertz CT molecular complexity index is 924. The van der Waals surface area contributed by atoms with Crippen LogP contribution in [0.25, 0.3) is 0 Å². The third kappa shape index (κ3) is 8.46. The summed E-state index contributed by atoms with van der Waals surface area (Å²) >= 11 is 0. The Morgan fingerprint density at radius 2 is 1.27 bits per heavy atom. The molecule has 3 saturated carbocycles. The van der Waals surface area contributed by atoms with Crippen molar-refractivity contribution in [2.45, 2.75) is 94.9 Å². The predicted molar refractivity (Wildman–Crippen MR) is 188 cm³/mol. The lowest BCUT2D eigenvalue weighted by atomic mass is 9.85. The van der Waals surface area contributed by atoms with Gasteiger partial charge in [-0.2, -0.15) is 0 Å². The molecule has 0 heterocycles. The molecule has 6 aliphatic rings. The highest BCUT2D eigenvalue weighted by Gasteiger charge is 2.44. The average molecular weight is 569 g/mol. The minimum Gasteiger partial charge on any atom is -0.141 e. The minimum absolute atomic E-state index is 0. The second kappa shape index (κ2) is 18.4. The van der Waals surface area contributed by atoms with Crippen LogP contribution in [0.1, 0.15) is 97.7 Å². The summed E-state index contributed by atoms with van der Waals surface area (Å²) in [5.74, 6) is 10.8. The van der Waals surface area contributed by atoms with E-state index in [9.17, 15) is 0 Å². The third-order valence-corrected chi connectivity index (χ3v) is 10.7. The van der Waals surface area contributed by atoms with E-state index in [1.165, 1.54) is 38.5 Å². The Morgan fingerprint density at radius 3 is 1.88 bits per heavy atom. The zero-order valence-electron chi connectivity index (χ0n) is 27.3. The van der Waals surface area contributed by atoms with Gasteiger partial charge in [0.05, 0.1) is 0 Å². The summed E-state index contributed by atoms with van der Waals surface area (Å²) in [7, 11) is 1.99. The molecular formula is C39H67P. The molecule has 13 atom stereocenters. The molecule has 2 bridgehead atoms. The first-order valence-electron chi connectivity index (χ1n) is 16.9. The summed E-state index contributed by atoms with van der Waals surface area (Å²) in [4.78, 5) is 0. The van der Waals surface area contributed by atoms with Crippen molar-refractivity contribution in [2.24, 2.45) is 71.0 Å². The van der Waals surface area contributed by atoms with Crippen molar-refractivity contribution in [1.82, 2.24) is 0 Å². The zero-order chi connectivity index (χ0) is 29.2. The molecule has 6 aliphatic carbocycles. The fourth-order valence-electron chi connectivity index (χ4n) is 9.05. The molecule has 0 saturated heterocycles. The van der Waals surface area contributed by atoms with E-state index in [0.717, 1.165) is 71.0 Å². The summed E-state index contributed by atoms with van der Waals surface area (Å²) in [5.41, 5.74) is 0. The van der Waals surface area contributed by atoms with Crippen LogP contribution in [0.3, 0.4) is 0 Å². The summed E-state index contributed by atoms with van der Waals surface area (Å²) in [6.07, 6.45) is 36.6. The van der Waals surface area contributed by atoms with Gasteiger partial charge in [-0.25, -0.2) is 0 Å². The van der Waals surface area contributed by atoms with E-state index in [1.54, 1.807) is 0 Å². The smallest absolute Gasteiger partial charge is 0.0274 e. The normalized spacial score (nSPS) is 41.9. The molecule has 0 nitrogen and oxygen atoms in total. The quantitative estimate of drug-likeness (QED) is 0.234. The van der Waals surface area contributed by atoms with Crippen molar-refractivity contribution >= 4 is 9.24 Å². The molecule has 40 heavy (non-hydrogen) atoms. The second-order valence-electron chi connectivity index (χ2n) is 12.7. The van der Waals surface area contributed by atoms with Crippen molar-refractivity contribution in [2.75, 3.05) is 6.62 Å². The number of hydrogen-bond donors (Lipinski definition) is 0. The zero-order valence-corrected chi connectivity index (χ0v) is 26.4. The molecule has 0 aliphatic heterocycles. The molecular weight excluding hydrogens is 499 g/mol. The van der Waals surface area contributed by atoms with Crippen molar-refractivity contribution in [1.29, 1.82) is 0 Å². The number of rotatable bonds is 4.